The minimum atomic E-state index is -0.685. The Bertz CT molecular complexity index is 510. The van der Waals surface area contributed by atoms with Crippen LogP contribution in [0.3, 0.4) is 0 Å². The summed E-state index contributed by atoms with van der Waals surface area (Å²) in [4.78, 5) is 13.4. The molecule has 0 aromatic heterocycles. The first-order valence-electron chi connectivity index (χ1n) is 7.26. The third-order valence-corrected chi connectivity index (χ3v) is 4.71. The maximum Gasteiger partial charge on any atom is 0.306 e. The van der Waals surface area contributed by atoms with E-state index >= 15 is 0 Å². The average Bonchev–Trinajstić information content (AvgIpc) is 2.39. The Balaban J connectivity index is 1.74. The molecule has 0 saturated carbocycles. The van der Waals surface area contributed by atoms with Crippen LogP contribution in [-0.4, -0.2) is 35.7 Å². The van der Waals surface area contributed by atoms with E-state index in [1.807, 2.05) is 25.1 Å². The fourth-order valence-electron chi connectivity index (χ4n) is 3.33. The highest BCUT2D eigenvalue weighted by atomic mass is 16.5. The number of ether oxygens (including phenoxy) is 1. The van der Waals surface area contributed by atoms with E-state index < -0.39 is 5.97 Å². The van der Waals surface area contributed by atoms with Crippen molar-refractivity contribution >= 4 is 5.97 Å². The molecule has 1 aromatic rings. The standard InChI is InChI=1S/C16H21NO3/c1-10-9-20-14-6-4-3-5-13(14)15(10)17-7-12(8-17)11(2)16(18)19/h3-6,10-12,15H,7-9H2,1-2H3,(H,18,19). The third-order valence-electron chi connectivity index (χ3n) is 4.71. The first kappa shape index (κ1) is 13.4. The van der Waals surface area contributed by atoms with Gasteiger partial charge in [0, 0.05) is 30.6 Å². The van der Waals surface area contributed by atoms with Crippen molar-refractivity contribution < 1.29 is 14.6 Å². The van der Waals surface area contributed by atoms with Gasteiger partial charge in [-0.15, -0.1) is 0 Å². The molecule has 0 bridgehead atoms. The Morgan fingerprint density at radius 1 is 1.40 bits per heavy atom. The van der Waals surface area contributed by atoms with E-state index in [1.54, 1.807) is 0 Å². The van der Waals surface area contributed by atoms with Crippen LogP contribution in [0.15, 0.2) is 24.3 Å². The minimum Gasteiger partial charge on any atom is -0.493 e. The van der Waals surface area contributed by atoms with Gasteiger partial charge in [-0.3, -0.25) is 9.69 Å². The molecular formula is C16H21NO3. The van der Waals surface area contributed by atoms with Gasteiger partial charge in [-0.1, -0.05) is 32.0 Å². The second-order valence-electron chi connectivity index (χ2n) is 6.11. The van der Waals surface area contributed by atoms with E-state index in [-0.39, 0.29) is 11.8 Å². The Morgan fingerprint density at radius 2 is 2.10 bits per heavy atom. The molecule has 1 aromatic carbocycles. The van der Waals surface area contributed by atoms with Crippen molar-refractivity contribution in [3.05, 3.63) is 29.8 Å². The summed E-state index contributed by atoms with van der Waals surface area (Å²) in [5, 5.41) is 9.09. The van der Waals surface area contributed by atoms with E-state index in [1.165, 1.54) is 5.56 Å². The van der Waals surface area contributed by atoms with E-state index in [2.05, 4.69) is 17.9 Å². The number of carbonyl (C=O) groups is 1. The van der Waals surface area contributed by atoms with Gasteiger partial charge in [0.1, 0.15) is 5.75 Å². The highest BCUT2D eigenvalue weighted by molar-refractivity contribution is 5.70. The van der Waals surface area contributed by atoms with Crippen molar-refractivity contribution in [2.75, 3.05) is 19.7 Å². The summed E-state index contributed by atoms with van der Waals surface area (Å²) in [6, 6.07) is 8.55. The van der Waals surface area contributed by atoms with Gasteiger partial charge in [0.05, 0.1) is 12.5 Å². The molecule has 3 unspecified atom stereocenters. The van der Waals surface area contributed by atoms with Gasteiger partial charge in [-0.2, -0.15) is 0 Å². The monoisotopic (exact) mass is 275 g/mol. The minimum absolute atomic E-state index is 0.253. The number of likely N-dealkylation sites (tertiary alicyclic amines) is 1. The first-order valence-corrected chi connectivity index (χ1v) is 7.26. The molecule has 1 N–H and O–H groups in total. The fraction of sp³-hybridized carbons (Fsp3) is 0.562. The number of aliphatic carboxylic acids is 1. The van der Waals surface area contributed by atoms with Gasteiger partial charge in [0.15, 0.2) is 0 Å². The summed E-state index contributed by atoms with van der Waals surface area (Å²) in [6.07, 6.45) is 0. The summed E-state index contributed by atoms with van der Waals surface area (Å²) in [6.45, 7) is 6.49. The molecular weight excluding hydrogens is 254 g/mol. The average molecular weight is 275 g/mol. The molecule has 0 amide bonds. The Hall–Kier alpha value is -1.55. The SMILES string of the molecule is CC1COc2ccccc2C1N1CC(C(C)C(=O)O)C1. The largest absolute Gasteiger partial charge is 0.493 e. The topological polar surface area (TPSA) is 49.8 Å². The number of nitrogens with zero attached hydrogens (tertiary/aromatic N) is 1. The lowest BCUT2D eigenvalue weighted by atomic mass is 9.81. The highest BCUT2D eigenvalue weighted by Gasteiger charge is 2.42. The number of carboxylic acid groups (broad SMARTS) is 1. The molecule has 108 valence electrons. The first-order chi connectivity index (χ1) is 9.58. The number of hydrogen-bond donors (Lipinski definition) is 1. The van der Waals surface area contributed by atoms with Crippen LogP contribution >= 0.6 is 0 Å². The summed E-state index contributed by atoms with van der Waals surface area (Å²) in [5.41, 5.74) is 1.24. The van der Waals surface area contributed by atoms with Crippen molar-refractivity contribution in [2.24, 2.45) is 17.8 Å². The van der Waals surface area contributed by atoms with Crippen molar-refractivity contribution in [1.82, 2.24) is 4.90 Å². The lowest BCUT2D eigenvalue weighted by Gasteiger charge is -2.49. The quantitative estimate of drug-likeness (QED) is 0.920. The van der Waals surface area contributed by atoms with E-state index in [9.17, 15) is 4.79 Å². The van der Waals surface area contributed by atoms with Gasteiger partial charge < -0.3 is 9.84 Å². The molecule has 4 nitrogen and oxygen atoms in total. The summed E-state index contributed by atoms with van der Waals surface area (Å²) in [7, 11) is 0. The highest BCUT2D eigenvalue weighted by Crippen LogP contribution is 2.42. The maximum atomic E-state index is 11.0. The number of rotatable bonds is 3. The van der Waals surface area contributed by atoms with Gasteiger partial charge in [0.2, 0.25) is 0 Å². The Morgan fingerprint density at radius 3 is 2.80 bits per heavy atom. The number of fused-ring (bicyclic) bond motifs is 1. The summed E-state index contributed by atoms with van der Waals surface area (Å²) < 4.78 is 5.78. The van der Waals surface area contributed by atoms with E-state index in [0.29, 0.717) is 12.0 Å². The smallest absolute Gasteiger partial charge is 0.306 e. The Kier molecular flexibility index (Phi) is 3.42. The number of hydrogen-bond acceptors (Lipinski definition) is 3. The predicted octanol–water partition coefficient (Wildman–Crippen LogP) is 2.41. The van der Waals surface area contributed by atoms with Crippen molar-refractivity contribution in [2.45, 2.75) is 19.9 Å². The molecule has 2 aliphatic rings. The molecule has 3 atom stereocenters. The molecule has 2 heterocycles. The molecule has 0 spiro atoms. The van der Waals surface area contributed by atoms with Crippen LogP contribution in [-0.2, 0) is 4.79 Å². The lowest BCUT2D eigenvalue weighted by Crippen LogP contribution is -2.54. The van der Waals surface area contributed by atoms with Crippen molar-refractivity contribution in [3.63, 3.8) is 0 Å². The van der Waals surface area contributed by atoms with Crippen LogP contribution in [0, 0.1) is 17.8 Å². The molecule has 0 aliphatic carbocycles. The second kappa shape index (κ2) is 5.09. The molecule has 4 heteroatoms. The summed E-state index contributed by atoms with van der Waals surface area (Å²) >= 11 is 0. The van der Waals surface area contributed by atoms with Crippen LogP contribution in [0.5, 0.6) is 5.75 Å². The van der Waals surface area contributed by atoms with Gasteiger partial charge in [-0.25, -0.2) is 0 Å². The normalized spacial score (nSPS) is 28.1. The zero-order chi connectivity index (χ0) is 14.3. The molecule has 1 fully saturated rings. The maximum absolute atomic E-state index is 11.0. The van der Waals surface area contributed by atoms with Crippen LogP contribution < -0.4 is 4.74 Å². The number of benzene rings is 1. The molecule has 2 aliphatic heterocycles. The Labute approximate surface area is 119 Å². The van der Waals surface area contributed by atoms with Gasteiger partial charge >= 0.3 is 5.97 Å². The van der Waals surface area contributed by atoms with Crippen molar-refractivity contribution in [1.29, 1.82) is 0 Å². The van der Waals surface area contributed by atoms with E-state index in [0.717, 1.165) is 25.4 Å². The van der Waals surface area contributed by atoms with Crippen LogP contribution in [0.1, 0.15) is 25.5 Å². The van der Waals surface area contributed by atoms with Gasteiger partial charge in [0.25, 0.3) is 0 Å². The number of para-hydroxylation sites is 1. The zero-order valence-electron chi connectivity index (χ0n) is 12.0. The van der Waals surface area contributed by atoms with Crippen LogP contribution in [0.25, 0.3) is 0 Å². The predicted molar refractivity (Wildman–Crippen MR) is 75.7 cm³/mol. The molecule has 0 radical (unpaired) electrons. The van der Waals surface area contributed by atoms with Crippen LogP contribution in [0.4, 0.5) is 0 Å². The van der Waals surface area contributed by atoms with E-state index in [4.69, 9.17) is 9.84 Å². The summed E-state index contributed by atoms with van der Waals surface area (Å²) in [5.74, 6) is 0.748. The zero-order valence-corrected chi connectivity index (χ0v) is 12.0. The molecule has 20 heavy (non-hydrogen) atoms. The fourth-order valence-corrected chi connectivity index (χ4v) is 3.33. The lowest BCUT2D eigenvalue weighted by molar-refractivity contribution is -0.146. The number of carboxylic acids is 1. The third kappa shape index (κ3) is 2.18. The van der Waals surface area contributed by atoms with Crippen LogP contribution in [0.2, 0.25) is 0 Å². The molecule has 3 rings (SSSR count). The van der Waals surface area contributed by atoms with Gasteiger partial charge in [-0.05, 0) is 12.0 Å². The molecule has 1 saturated heterocycles. The second-order valence-corrected chi connectivity index (χ2v) is 6.11. The van der Waals surface area contributed by atoms with Crippen molar-refractivity contribution in [3.8, 4) is 5.75 Å².